The minimum atomic E-state index is -0.143. The number of aryl methyl sites for hydroxylation is 1. The first-order valence-corrected chi connectivity index (χ1v) is 9.40. The molecular weight excluding hydrogens is 316 g/mol. The van der Waals surface area contributed by atoms with Crippen LogP contribution in [0.4, 0.5) is 10.6 Å². The van der Waals surface area contributed by atoms with Crippen molar-refractivity contribution < 1.29 is 9.53 Å². The molecule has 3 heterocycles. The largest absolute Gasteiger partial charge is 0.446 e. The number of rotatable bonds is 3. The van der Waals surface area contributed by atoms with Gasteiger partial charge in [-0.3, -0.25) is 4.90 Å². The Hall–Kier alpha value is -1.82. The molecule has 1 aromatic heterocycles. The Balaban J connectivity index is 1.43. The predicted molar refractivity (Wildman–Crippen MR) is 99.0 cm³/mol. The van der Waals surface area contributed by atoms with Crippen molar-refractivity contribution in [2.75, 3.05) is 44.2 Å². The third kappa shape index (κ3) is 4.63. The zero-order chi connectivity index (χ0) is 17.8. The van der Waals surface area contributed by atoms with Crippen molar-refractivity contribution in [3.8, 4) is 0 Å². The summed E-state index contributed by atoms with van der Waals surface area (Å²) in [6.07, 6.45) is 3.52. The molecule has 0 bridgehead atoms. The van der Waals surface area contributed by atoms with Crippen LogP contribution < -0.4 is 4.90 Å². The van der Waals surface area contributed by atoms with Gasteiger partial charge in [0.15, 0.2) is 0 Å². The van der Waals surface area contributed by atoms with E-state index < -0.39 is 0 Å². The van der Waals surface area contributed by atoms with Gasteiger partial charge in [-0.15, -0.1) is 0 Å². The fourth-order valence-electron chi connectivity index (χ4n) is 3.49. The smallest absolute Gasteiger partial charge is 0.410 e. The van der Waals surface area contributed by atoms with Crippen LogP contribution in [0.1, 0.15) is 32.3 Å². The predicted octanol–water partition coefficient (Wildman–Crippen LogP) is 2.52. The van der Waals surface area contributed by atoms with Gasteiger partial charge in [-0.25, -0.2) is 9.78 Å². The molecule has 2 aliphatic heterocycles. The van der Waals surface area contributed by atoms with Crippen molar-refractivity contribution in [1.82, 2.24) is 14.8 Å². The van der Waals surface area contributed by atoms with Crippen molar-refractivity contribution >= 4 is 11.9 Å². The number of ether oxygens (including phenoxy) is 1. The van der Waals surface area contributed by atoms with Crippen molar-refractivity contribution in [2.45, 2.75) is 45.8 Å². The van der Waals surface area contributed by atoms with E-state index in [-0.39, 0.29) is 12.2 Å². The lowest BCUT2D eigenvalue weighted by Crippen LogP contribution is -2.51. The lowest BCUT2D eigenvalue weighted by molar-refractivity contribution is 0.0337. The van der Waals surface area contributed by atoms with E-state index in [4.69, 9.17) is 4.74 Å². The summed E-state index contributed by atoms with van der Waals surface area (Å²) in [5.74, 6) is 1.01. The Labute approximate surface area is 150 Å². The Morgan fingerprint density at radius 2 is 1.80 bits per heavy atom. The number of piperidine rings is 1. The molecular formula is C19H30N4O2. The second-order valence-electron chi connectivity index (χ2n) is 7.38. The maximum atomic E-state index is 12.4. The van der Waals surface area contributed by atoms with Gasteiger partial charge in [-0.1, -0.05) is 6.07 Å². The number of pyridine rings is 1. The maximum absolute atomic E-state index is 12.4. The summed E-state index contributed by atoms with van der Waals surface area (Å²) in [5, 5.41) is 0. The van der Waals surface area contributed by atoms with E-state index in [0.29, 0.717) is 6.04 Å². The molecule has 2 aliphatic rings. The molecule has 1 amide bonds. The Kier molecular flexibility index (Phi) is 5.78. The summed E-state index contributed by atoms with van der Waals surface area (Å²) < 4.78 is 5.75. The fourth-order valence-corrected chi connectivity index (χ4v) is 3.49. The number of aromatic nitrogens is 1. The van der Waals surface area contributed by atoms with E-state index in [1.165, 1.54) is 5.56 Å². The molecule has 0 atom stereocenters. The van der Waals surface area contributed by atoms with Crippen LogP contribution in [0.5, 0.6) is 0 Å². The van der Waals surface area contributed by atoms with E-state index in [1.807, 2.05) is 18.0 Å². The van der Waals surface area contributed by atoms with Gasteiger partial charge in [-0.05, 0) is 32.4 Å². The highest BCUT2D eigenvalue weighted by molar-refractivity contribution is 5.68. The van der Waals surface area contributed by atoms with Crippen LogP contribution in [0, 0.1) is 6.92 Å². The standard InChI is InChI=1S/C19H30N4O2/c1-15(2)21-10-12-23(13-11-21)19(24)25-17-6-8-22(9-7-17)18-5-4-16(3)14-20-18/h4-5,14-15,17H,6-13H2,1-3H3. The fraction of sp³-hybridized carbons (Fsp3) is 0.684. The van der Waals surface area contributed by atoms with Gasteiger partial charge in [0.05, 0.1) is 0 Å². The molecule has 3 rings (SSSR count). The first-order chi connectivity index (χ1) is 12.0. The molecule has 0 saturated carbocycles. The van der Waals surface area contributed by atoms with Crippen molar-refractivity contribution in [3.63, 3.8) is 0 Å². The lowest BCUT2D eigenvalue weighted by atomic mass is 10.1. The van der Waals surface area contributed by atoms with Gasteiger partial charge in [0, 0.05) is 64.3 Å². The normalized spacial score (nSPS) is 20.2. The highest BCUT2D eigenvalue weighted by Gasteiger charge is 2.27. The first-order valence-electron chi connectivity index (χ1n) is 9.40. The van der Waals surface area contributed by atoms with Gasteiger partial charge in [0.1, 0.15) is 11.9 Å². The van der Waals surface area contributed by atoms with Crippen LogP contribution >= 0.6 is 0 Å². The quantitative estimate of drug-likeness (QED) is 0.842. The zero-order valence-corrected chi connectivity index (χ0v) is 15.6. The van der Waals surface area contributed by atoms with Crippen LogP contribution in [-0.4, -0.2) is 72.3 Å². The number of amides is 1. The molecule has 2 saturated heterocycles. The monoisotopic (exact) mass is 346 g/mol. The van der Waals surface area contributed by atoms with Gasteiger partial charge in [-0.2, -0.15) is 0 Å². The highest BCUT2D eigenvalue weighted by atomic mass is 16.6. The number of piperazine rings is 1. The van der Waals surface area contributed by atoms with Gasteiger partial charge >= 0.3 is 6.09 Å². The van der Waals surface area contributed by atoms with E-state index in [1.54, 1.807) is 0 Å². The second kappa shape index (κ2) is 8.04. The van der Waals surface area contributed by atoms with Crippen LogP contribution in [0.25, 0.3) is 0 Å². The number of anilines is 1. The molecule has 0 aliphatic carbocycles. The summed E-state index contributed by atoms with van der Waals surface area (Å²) >= 11 is 0. The molecule has 6 nitrogen and oxygen atoms in total. The topological polar surface area (TPSA) is 48.9 Å². The van der Waals surface area contributed by atoms with Crippen molar-refractivity contribution in [2.24, 2.45) is 0 Å². The average molecular weight is 346 g/mol. The number of nitrogens with zero attached hydrogens (tertiary/aromatic N) is 4. The molecule has 1 aromatic rings. The van der Waals surface area contributed by atoms with Gasteiger partial charge in [0.25, 0.3) is 0 Å². The second-order valence-corrected chi connectivity index (χ2v) is 7.38. The first kappa shape index (κ1) is 18.0. The van der Waals surface area contributed by atoms with Gasteiger partial charge < -0.3 is 14.5 Å². The minimum absolute atomic E-state index is 0.0253. The van der Waals surface area contributed by atoms with Crippen molar-refractivity contribution in [1.29, 1.82) is 0 Å². The number of carbonyl (C=O) groups is 1. The highest BCUT2D eigenvalue weighted by Crippen LogP contribution is 2.20. The molecule has 25 heavy (non-hydrogen) atoms. The van der Waals surface area contributed by atoms with E-state index in [0.717, 1.165) is 57.9 Å². The lowest BCUT2D eigenvalue weighted by Gasteiger charge is -2.38. The van der Waals surface area contributed by atoms with Crippen LogP contribution in [0.3, 0.4) is 0 Å². The van der Waals surface area contributed by atoms with E-state index in [9.17, 15) is 4.79 Å². The third-order valence-corrected chi connectivity index (χ3v) is 5.23. The Bertz CT molecular complexity index is 559. The molecule has 0 aromatic carbocycles. The summed E-state index contributed by atoms with van der Waals surface area (Å²) in [4.78, 5) is 23.4. The van der Waals surface area contributed by atoms with Crippen LogP contribution in [0.2, 0.25) is 0 Å². The molecule has 6 heteroatoms. The number of carbonyl (C=O) groups excluding carboxylic acids is 1. The molecule has 2 fully saturated rings. The maximum Gasteiger partial charge on any atom is 0.410 e. The van der Waals surface area contributed by atoms with E-state index in [2.05, 4.69) is 40.8 Å². The Morgan fingerprint density at radius 1 is 1.12 bits per heavy atom. The SMILES string of the molecule is Cc1ccc(N2CCC(OC(=O)N3CCN(C(C)C)CC3)CC2)nc1. The summed E-state index contributed by atoms with van der Waals surface area (Å²) in [5.41, 5.74) is 1.17. The molecule has 0 N–H and O–H groups in total. The number of hydrogen-bond donors (Lipinski definition) is 0. The molecule has 0 radical (unpaired) electrons. The average Bonchev–Trinajstić information content (AvgIpc) is 2.63. The number of hydrogen-bond acceptors (Lipinski definition) is 5. The summed E-state index contributed by atoms with van der Waals surface area (Å²) in [7, 11) is 0. The summed E-state index contributed by atoms with van der Waals surface area (Å²) in [6, 6.07) is 4.69. The van der Waals surface area contributed by atoms with Crippen molar-refractivity contribution in [3.05, 3.63) is 23.9 Å². The minimum Gasteiger partial charge on any atom is -0.446 e. The van der Waals surface area contributed by atoms with Gasteiger partial charge in [0.2, 0.25) is 0 Å². The Morgan fingerprint density at radius 3 is 2.36 bits per heavy atom. The molecule has 0 spiro atoms. The zero-order valence-electron chi connectivity index (χ0n) is 15.6. The third-order valence-electron chi connectivity index (χ3n) is 5.23. The van der Waals surface area contributed by atoms with Crippen LogP contribution in [0.15, 0.2) is 18.3 Å². The summed E-state index contributed by atoms with van der Waals surface area (Å²) in [6.45, 7) is 11.6. The van der Waals surface area contributed by atoms with E-state index >= 15 is 0 Å². The molecule has 0 unspecified atom stereocenters. The molecule has 138 valence electrons. The van der Waals surface area contributed by atoms with Crippen LogP contribution in [-0.2, 0) is 4.74 Å².